The van der Waals surface area contributed by atoms with Crippen molar-refractivity contribution in [2.45, 2.75) is 0 Å². The summed E-state index contributed by atoms with van der Waals surface area (Å²) in [5, 5.41) is 4.06. The van der Waals surface area contributed by atoms with Crippen LogP contribution >= 0.6 is 22.7 Å². The first-order valence-electron chi connectivity index (χ1n) is 12.4. The quantitative estimate of drug-likeness (QED) is 0.224. The van der Waals surface area contributed by atoms with E-state index in [9.17, 15) is 0 Å². The lowest BCUT2D eigenvalue weighted by molar-refractivity contribution is 1.20. The van der Waals surface area contributed by atoms with E-state index >= 15 is 0 Å². The Kier molecular flexibility index (Phi) is 4.63. The first kappa shape index (κ1) is 21.0. The van der Waals surface area contributed by atoms with Gasteiger partial charge < -0.3 is 4.57 Å². The molecular weight excluding hydrogens is 487 g/mol. The van der Waals surface area contributed by atoms with Gasteiger partial charge in [-0.15, -0.1) is 22.7 Å². The van der Waals surface area contributed by atoms with Crippen molar-refractivity contribution < 1.29 is 0 Å². The van der Waals surface area contributed by atoms with Gasteiger partial charge in [0, 0.05) is 26.5 Å². The number of rotatable bonds is 3. The Bertz CT molecular complexity index is 2020. The van der Waals surface area contributed by atoms with Crippen molar-refractivity contribution in [3.8, 4) is 27.9 Å². The van der Waals surface area contributed by atoms with Gasteiger partial charge in [0.1, 0.15) is 4.83 Å². The number of para-hydroxylation sites is 1. The van der Waals surface area contributed by atoms with Crippen LogP contribution in [-0.2, 0) is 0 Å². The highest BCUT2D eigenvalue weighted by Gasteiger charge is 2.21. The molecule has 0 fully saturated rings. The highest BCUT2D eigenvalue weighted by Crippen LogP contribution is 2.48. The van der Waals surface area contributed by atoms with Crippen molar-refractivity contribution in [3.05, 3.63) is 127 Å². The Hall–Kier alpha value is -4.18. The third-order valence-electron chi connectivity index (χ3n) is 7.20. The Balaban J connectivity index is 1.49. The molecule has 5 aromatic carbocycles. The summed E-state index contributed by atoms with van der Waals surface area (Å²) in [6.07, 6.45) is 0. The van der Waals surface area contributed by atoms with Gasteiger partial charge in [-0.25, -0.2) is 0 Å². The van der Waals surface area contributed by atoms with Crippen LogP contribution in [-0.4, -0.2) is 4.57 Å². The molecule has 0 bridgehead atoms. The molecule has 8 aromatic rings. The second-order valence-corrected chi connectivity index (χ2v) is 11.4. The number of nitrogens with zero attached hydrogens (tertiary/aromatic N) is 1. The van der Waals surface area contributed by atoms with Gasteiger partial charge in [0.05, 0.1) is 14.9 Å². The smallest absolute Gasteiger partial charge is 0.110 e. The first-order valence-corrected chi connectivity index (χ1v) is 14.1. The van der Waals surface area contributed by atoms with Gasteiger partial charge in [-0.05, 0) is 52.6 Å². The molecule has 0 aliphatic heterocycles. The topological polar surface area (TPSA) is 4.93 Å². The minimum absolute atomic E-state index is 1.20. The minimum atomic E-state index is 1.20. The molecule has 0 aliphatic rings. The van der Waals surface area contributed by atoms with Crippen LogP contribution in [0.3, 0.4) is 0 Å². The van der Waals surface area contributed by atoms with Crippen molar-refractivity contribution in [1.82, 2.24) is 4.57 Å². The van der Waals surface area contributed by atoms with E-state index in [1.807, 2.05) is 22.7 Å². The van der Waals surface area contributed by atoms with Gasteiger partial charge in [-0.3, -0.25) is 0 Å². The number of fused-ring (bicyclic) bond motifs is 7. The fourth-order valence-electron chi connectivity index (χ4n) is 5.51. The summed E-state index contributed by atoms with van der Waals surface area (Å²) in [4.78, 5) is 1.32. The number of aromatic nitrogens is 1. The van der Waals surface area contributed by atoms with E-state index < -0.39 is 0 Å². The molecule has 8 rings (SSSR count). The molecule has 3 heteroatoms. The van der Waals surface area contributed by atoms with E-state index in [4.69, 9.17) is 0 Å². The zero-order chi connectivity index (χ0) is 24.3. The summed E-state index contributed by atoms with van der Waals surface area (Å²) in [5.41, 5.74) is 7.37. The SMILES string of the molecule is c1ccc(-c2cc(-c3ccccc3)cc(-n3c4ccccc4c4c5sc6ccccc6c5sc43)c2)cc1. The van der Waals surface area contributed by atoms with Gasteiger partial charge in [0.2, 0.25) is 0 Å². The molecule has 3 aromatic heterocycles. The van der Waals surface area contributed by atoms with Crippen molar-refractivity contribution in [3.63, 3.8) is 0 Å². The Labute approximate surface area is 222 Å². The maximum absolute atomic E-state index is 2.48. The van der Waals surface area contributed by atoms with Gasteiger partial charge in [-0.2, -0.15) is 0 Å². The maximum Gasteiger partial charge on any atom is 0.110 e. The standard InChI is InChI=1S/C34H21NS2/c1-3-11-22(12-4-1)24-19-25(23-13-5-2-6-14-23)21-26(20-24)35-29-17-9-7-15-27(29)31-33-32(37-34(31)35)28-16-8-10-18-30(28)36-33/h1-21H. The van der Waals surface area contributed by atoms with Crippen LogP contribution in [0, 0.1) is 0 Å². The predicted molar refractivity (Wildman–Crippen MR) is 162 cm³/mol. The third-order valence-corrected chi connectivity index (χ3v) is 9.72. The molecule has 1 nitrogen and oxygen atoms in total. The normalized spacial score (nSPS) is 11.8. The lowest BCUT2D eigenvalue weighted by Crippen LogP contribution is -1.95. The van der Waals surface area contributed by atoms with Gasteiger partial charge >= 0.3 is 0 Å². The molecule has 0 N–H and O–H groups in total. The van der Waals surface area contributed by atoms with Crippen LogP contribution in [0.2, 0.25) is 0 Å². The van der Waals surface area contributed by atoms with E-state index in [0.717, 1.165) is 0 Å². The van der Waals surface area contributed by atoms with E-state index in [1.54, 1.807) is 0 Å². The molecular formula is C34H21NS2. The zero-order valence-electron chi connectivity index (χ0n) is 19.9. The number of thiophene rings is 2. The fraction of sp³-hybridized carbons (Fsp3) is 0. The predicted octanol–water partition coefficient (Wildman–Crippen LogP) is 10.5. The zero-order valence-corrected chi connectivity index (χ0v) is 21.5. The Morgan fingerprint density at radius 3 is 1.76 bits per heavy atom. The lowest BCUT2D eigenvalue weighted by atomic mass is 9.98. The highest BCUT2D eigenvalue weighted by molar-refractivity contribution is 7.36. The molecule has 0 radical (unpaired) electrons. The maximum atomic E-state index is 2.48. The van der Waals surface area contributed by atoms with Crippen LogP contribution < -0.4 is 0 Å². The fourth-order valence-corrected chi connectivity index (χ4v) is 8.33. The molecule has 0 saturated carbocycles. The molecule has 0 unspecified atom stereocenters. The second-order valence-electron chi connectivity index (χ2n) is 9.39. The van der Waals surface area contributed by atoms with Crippen molar-refractivity contribution >= 4 is 63.3 Å². The van der Waals surface area contributed by atoms with Crippen LogP contribution in [0.4, 0.5) is 0 Å². The number of hydrogen-bond acceptors (Lipinski definition) is 2. The van der Waals surface area contributed by atoms with Crippen molar-refractivity contribution in [2.24, 2.45) is 0 Å². The van der Waals surface area contributed by atoms with Crippen LogP contribution in [0.25, 0.3) is 68.5 Å². The summed E-state index contributed by atoms with van der Waals surface area (Å²) in [7, 11) is 0. The number of hydrogen-bond donors (Lipinski definition) is 0. The lowest BCUT2D eigenvalue weighted by Gasteiger charge is -2.13. The van der Waals surface area contributed by atoms with Gasteiger partial charge in [0.25, 0.3) is 0 Å². The molecule has 174 valence electrons. The minimum Gasteiger partial charge on any atom is -0.301 e. The second kappa shape index (κ2) is 8.17. The molecule has 37 heavy (non-hydrogen) atoms. The van der Waals surface area contributed by atoms with E-state index in [-0.39, 0.29) is 0 Å². The van der Waals surface area contributed by atoms with Gasteiger partial charge in [-0.1, -0.05) is 97.1 Å². The van der Waals surface area contributed by atoms with E-state index in [0.29, 0.717) is 0 Å². The van der Waals surface area contributed by atoms with Crippen LogP contribution in [0.1, 0.15) is 0 Å². The van der Waals surface area contributed by atoms with E-state index in [1.165, 1.54) is 68.5 Å². The summed E-state index contributed by atoms with van der Waals surface area (Å²) >= 11 is 3.84. The van der Waals surface area contributed by atoms with E-state index in [2.05, 4.69) is 132 Å². The summed E-state index contributed by atoms with van der Waals surface area (Å²) in [6.45, 7) is 0. The van der Waals surface area contributed by atoms with Crippen molar-refractivity contribution in [2.75, 3.05) is 0 Å². The molecule has 0 saturated heterocycles. The average molecular weight is 508 g/mol. The molecule has 0 amide bonds. The van der Waals surface area contributed by atoms with Gasteiger partial charge in [0.15, 0.2) is 0 Å². The molecule has 0 aliphatic carbocycles. The van der Waals surface area contributed by atoms with Crippen LogP contribution in [0.15, 0.2) is 127 Å². The monoisotopic (exact) mass is 507 g/mol. The molecule has 3 heterocycles. The third kappa shape index (κ3) is 3.21. The highest BCUT2D eigenvalue weighted by atomic mass is 32.1. The molecule has 0 spiro atoms. The Morgan fingerprint density at radius 1 is 0.459 bits per heavy atom. The summed E-state index contributed by atoms with van der Waals surface area (Å²) in [6, 6.07) is 46.1. The number of benzene rings is 5. The largest absolute Gasteiger partial charge is 0.301 e. The van der Waals surface area contributed by atoms with Crippen LogP contribution in [0.5, 0.6) is 0 Å². The summed E-state index contributed by atoms with van der Waals surface area (Å²) < 4.78 is 6.64. The summed E-state index contributed by atoms with van der Waals surface area (Å²) in [5.74, 6) is 0. The first-order chi connectivity index (χ1) is 18.3. The van der Waals surface area contributed by atoms with Crippen molar-refractivity contribution in [1.29, 1.82) is 0 Å². The Morgan fingerprint density at radius 2 is 1.05 bits per heavy atom. The average Bonchev–Trinajstić information content (AvgIpc) is 3.61. The molecule has 0 atom stereocenters.